The standard InChI is InChI=1S/C19H24BrN3O/c1-23(2)12-4-11-21-17-7-9-18(10-8-17)22-19(24)14-15-5-3-6-16(20)13-15/h3,5-10,13,21H,4,11-12,14H2,1-2H3,(H,22,24). The quantitative estimate of drug-likeness (QED) is 0.670. The number of nitrogens with one attached hydrogen (secondary N) is 2. The zero-order valence-corrected chi connectivity index (χ0v) is 15.8. The van der Waals surface area contributed by atoms with Crippen molar-refractivity contribution in [2.75, 3.05) is 37.8 Å². The fraction of sp³-hybridized carbons (Fsp3) is 0.316. The third-order valence-corrected chi connectivity index (χ3v) is 4.03. The zero-order chi connectivity index (χ0) is 17.4. The first-order valence-corrected chi connectivity index (χ1v) is 8.85. The Kier molecular flexibility index (Phi) is 7.28. The summed E-state index contributed by atoms with van der Waals surface area (Å²) in [5, 5.41) is 6.31. The Morgan fingerprint density at radius 1 is 1.08 bits per heavy atom. The van der Waals surface area contributed by atoms with E-state index in [0.717, 1.165) is 40.9 Å². The van der Waals surface area contributed by atoms with Gasteiger partial charge >= 0.3 is 0 Å². The smallest absolute Gasteiger partial charge is 0.228 e. The van der Waals surface area contributed by atoms with Crippen LogP contribution in [-0.4, -0.2) is 38.0 Å². The van der Waals surface area contributed by atoms with Gasteiger partial charge in [-0.15, -0.1) is 0 Å². The molecule has 5 heteroatoms. The van der Waals surface area contributed by atoms with Crippen LogP contribution in [0, 0.1) is 0 Å². The van der Waals surface area contributed by atoms with Crippen LogP contribution in [0.3, 0.4) is 0 Å². The molecule has 0 unspecified atom stereocenters. The SMILES string of the molecule is CN(C)CCCNc1ccc(NC(=O)Cc2cccc(Br)c2)cc1. The van der Waals surface area contributed by atoms with E-state index in [4.69, 9.17) is 0 Å². The summed E-state index contributed by atoms with van der Waals surface area (Å²) in [6.45, 7) is 2.00. The molecule has 2 N–H and O–H groups in total. The van der Waals surface area contributed by atoms with Crippen molar-refractivity contribution in [1.29, 1.82) is 0 Å². The molecule has 2 aromatic rings. The van der Waals surface area contributed by atoms with Gasteiger partial charge in [0.1, 0.15) is 0 Å². The van der Waals surface area contributed by atoms with Gasteiger partial charge in [-0.05, 0) is 69.0 Å². The number of carbonyl (C=O) groups is 1. The molecule has 0 saturated heterocycles. The Balaban J connectivity index is 1.79. The molecule has 0 aliphatic carbocycles. The Hall–Kier alpha value is -1.85. The average molecular weight is 390 g/mol. The minimum Gasteiger partial charge on any atom is -0.385 e. The van der Waals surface area contributed by atoms with Crippen molar-refractivity contribution in [3.8, 4) is 0 Å². The van der Waals surface area contributed by atoms with Crippen molar-refractivity contribution in [3.05, 3.63) is 58.6 Å². The topological polar surface area (TPSA) is 44.4 Å². The van der Waals surface area contributed by atoms with E-state index in [1.807, 2.05) is 48.5 Å². The van der Waals surface area contributed by atoms with E-state index in [0.29, 0.717) is 6.42 Å². The fourth-order valence-corrected chi connectivity index (χ4v) is 2.78. The lowest BCUT2D eigenvalue weighted by atomic mass is 10.1. The van der Waals surface area contributed by atoms with Crippen LogP contribution in [0.4, 0.5) is 11.4 Å². The highest BCUT2D eigenvalue weighted by Crippen LogP contribution is 2.15. The van der Waals surface area contributed by atoms with Gasteiger partial charge in [-0.25, -0.2) is 0 Å². The van der Waals surface area contributed by atoms with Crippen molar-refractivity contribution in [2.45, 2.75) is 12.8 Å². The van der Waals surface area contributed by atoms with Crippen LogP contribution in [0.15, 0.2) is 53.0 Å². The molecule has 24 heavy (non-hydrogen) atoms. The van der Waals surface area contributed by atoms with E-state index in [-0.39, 0.29) is 5.91 Å². The van der Waals surface area contributed by atoms with Crippen molar-refractivity contribution in [1.82, 2.24) is 4.90 Å². The lowest BCUT2D eigenvalue weighted by molar-refractivity contribution is -0.115. The molecule has 0 aromatic heterocycles. The van der Waals surface area contributed by atoms with Crippen LogP contribution in [0.2, 0.25) is 0 Å². The lowest BCUT2D eigenvalue weighted by Crippen LogP contribution is -2.16. The summed E-state index contributed by atoms with van der Waals surface area (Å²) in [6.07, 6.45) is 1.46. The Morgan fingerprint density at radius 3 is 2.46 bits per heavy atom. The van der Waals surface area contributed by atoms with Crippen molar-refractivity contribution in [3.63, 3.8) is 0 Å². The number of hydrogen-bond acceptors (Lipinski definition) is 3. The molecular formula is C19H24BrN3O. The van der Waals surface area contributed by atoms with E-state index in [1.54, 1.807) is 0 Å². The Morgan fingerprint density at radius 2 is 1.79 bits per heavy atom. The van der Waals surface area contributed by atoms with Crippen LogP contribution >= 0.6 is 15.9 Å². The maximum Gasteiger partial charge on any atom is 0.228 e. The summed E-state index contributed by atoms with van der Waals surface area (Å²) >= 11 is 3.42. The summed E-state index contributed by atoms with van der Waals surface area (Å²) in [4.78, 5) is 14.3. The van der Waals surface area contributed by atoms with Crippen molar-refractivity contribution in [2.24, 2.45) is 0 Å². The van der Waals surface area contributed by atoms with E-state index >= 15 is 0 Å². The molecule has 0 fully saturated rings. The van der Waals surface area contributed by atoms with Gasteiger partial charge in [0, 0.05) is 22.4 Å². The molecular weight excluding hydrogens is 366 g/mol. The molecule has 0 saturated carbocycles. The fourth-order valence-electron chi connectivity index (χ4n) is 2.34. The number of hydrogen-bond donors (Lipinski definition) is 2. The Labute approximate surface area is 152 Å². The highest BCUT2D eigenvalue weighted by Gasteiger charge is 2.04. The summed E-state index contributed by atoms with van der Waals surface area (Å²) < 4.78 is 0.984. The summed E-state index contributed by atoms with van der Waals surface area (Å²) in [6, 6.07) is 15.6. The van der Waals surface area contributed by atoms with Gasteiger partial charge in [0.25, 0.3) is 0 Å². The molecule has 2 rings (SSSR count). The highest BCUT2D eigenvalue weighted by atomic mass is 79.9. The maximum absolute atomic E-state index is 12.1. The van der Waals surface area contributed by atoms with Gasteiger partial charge < -0.3 is 15.5 Å². The maximum atomic E-state index is 12.1. The van der Waals surface area contributed by atoms with Gasteiger partial charge in [-0.3, -0.25) is 4.79 Å². The predicted octanol–water partition coefficient (Wildman–Crippen LogP) is 3.99. The van der Waals surface area contributed by atoms with Crippen LogP contribution < -0.4 is 10.6 Å². The Bertz CT molecular complexity index is 656. The number of benzene rings is 2. The molecule has 0 spiro atoms. The van der Waals surface area contributed by atoms with Gasteiger partial charge in [-0.1, -0.05) is 28.1 Å². The summed E-state index contributed by atoms with van der Waals surface area (Å²) in [5.74, 6) is -0.0141. The van der Waals surface area contributed by atoms with E-state index in [1.165, 1.54) is 0 Å². The predicted molar refractivity (Wildman–Crippen MR) is 105 cm³/mol. The normalized spacial score (nSPS) is 10.7. The third-order valence-electron chi connectivity index (χ3n) is 3.53. The van der Waals surface area contributed by atoms with Gasteiger partial charge in [0.05, 0.1) is 6.42 Å². The minimum atomic E-state index is -0.0141. The van der Waals surface area contributed by atoms with Gasteiger partial charge in [0.15, 0.2) is 0 Å². The van der Waals surface area contributed by atoms with Crippen molar-refractivity contribution >= 4 is 33.2 Å². The van der Waals surface area contributed by atoms with E-state index < -0.39 is 0 Å². The molecule has 0 bridgehead atoms. The second kappa shape index (κ2) is 9.45. The lowest BCUT2D eigenvalue weighted by Gasteiger charge is -2.11. The number of halogens is 1. The van der Waals surface area contributed by atoms with Crippen LogP contribution in [0.1, 0.15) is 12.0 Å². The molecule has 0 heterocycles. The number of amides is 1. The molecule has 4 nitrogen and oxygen atoms in total. The molecule has 2 aromatic carbocycles. The third kappa shape index (κ3) is 6.72. The first-order valence-electron chi connectivity index (χ1n) is 8.06. The first kappa shape index (κ1) is 18.5. The molecule has 0 atom stereocenters. The van der Waals surface area contributed by atoms with E-state index in [2.05, 4.69) is 45.6 Å². The highest BCUT2D eigenvalue weighted by molar-refractivity contribution is 9.10. The molecule has 128 valence electrons. The van der Waals surface area contributed by atoms with Crippen LogP contribution in [0.5, 0.6) is 0 Å². The van der Waals surface area contributed by atoms with Gasteiger partial charge in [-0.2, -0.15) is 0 Å². The summed E-state index contributed by atoms with van der Waals surface area (Å²) in [5.41, 5.74) is 2.87. The molecule has 1 amide bonds. The van der Waals surface area contributed by atoms with Gasteiger partial charge in [0.2, 0.25) is 5.91 Å². The molecule has 0 aliphatic rings. The average Bonchev–Trinajstić information content (AvgIpc) is 2.53. The largest absolute Gasteiger partial charge is 0.385 e. The summed E-state index contributed by atoms with van der Waals surface area (Å²) in [7, 11) is 4.15. The van der Waals surface area contributed by atoms with E-state index in [9.17, 15) is 4.79 Å². The number of carbonyl (C=O) groups excluding carboxylic acids is 1. The van der Waals surface area contributed by atoms with Crippen LogP contribution in [-0.2, 0) is 11.2 Å². The molecule has 0 aliphatic heterocycles. The second-order valence-electron chi connectivity index (χ2n) is 6.02. The first-order chi connectivity index (χ1) is 11.5. The number of anilines is 2. The molecule has 0 radical (unpaired) electrons. The van der Waals surface area contributed by atoms with Crippen LogP contribution in [0.25, 0.3) is 0 Å². The van der Waals surface area contributed by atoms with Crippen molar-refractivity contribution < 1.29 is 4.79 Å². The zero-order valence-electron chi connectivity index (χ0n) is 14.2. The minimum absolute atomic E-state index is 0.0141. The number of rotatable bonds is 8. The monoisotopic (exact) mass is 389 g/mol. The number of nitrogens with zero attached hydrogens (tertiary/aromatic N) is 1. The second-order valence-corrected chi connectivity index (χ2v) is 6.93.